The number of fused-ring (bicyclic) bond motifs is 1. The molecular formula is C24H19N5. The second-order valence-electron chi connectivity index (χ2n) is 6.92. The molecule has 0 aliphatic rings. The smallest absolute Gasteiger partial charge is 0.227 e. The van der Waals surface area contributed by atoms with Crippen molar-refractivity contribution in [2.45, 2.75) is 6.92 Å². The summed E-state index contributed by atoms with van der Waals surface area (Å²) in [5.41, 5.74) is 8.38. The number of hydrogen-bond acceptors (Lipinski definition) is 4. The summed E-state index contributed by atoms with van der Waals surface area (Å²) in [7, 11) is 0. The monoisotopic (exact) mass is 377 g/mol. The number of nitrogens with one attached hydrogen (secondary N) is 2. The average Bonchev–Trinajstić information content (AvgIpc) is 3.22. The molecule has 2 heterocycles. The van der Waals surface area contributed by atoms with Crippen LogP contribution < -0.4 is 5.32 Å². The molecule has 5 nitrogen and oxygen atoms in total. The zero-order valence-electron chi connectivity index (χ0n) is 15.9. The first kappa shape index (κ1) is 17.1. The Balaban J connectivity index is 1.45. The summed E-state index contributed by atoms with van der Waals surface area (Å²) in [5.74, 6) is 0.564. The topological polar surface area (TPSA) is 66.5 Å². The van der Waals surface area contributed by atoms with E-state index in [1.165, 1.54) is 11.1 Å². The number of imidazole rings is 1. The minimum Gasteiger partial charge on any atom is -0.345 e. The first-order chi connectivity index (χ1) is 14.3. The van der Waals surface area contributed by atoms with Gasteiger partial charge >= 0.3 is 0 Å². The van der Waals surface area contributed by atoms with Crippen molar-refractivity contribution in [3.8, 4) is 22.4 Å². The molecule has 140 valence electrons. The van der Waals surface area contributed by atoms with E-state index in [4.69, 9.17) is 4.98 Å². The van der Waals surface area contributed by atoms with Crippen LogP contribution in [-0.2, 0) is 0 Å². The van der Waals surface area contributed by atoms with Crippen LogP contribution in [0.4, 0.5) is 11.6 Å². The van der Waals surface area contributed by atoms with Gasteiger partial charge in [-0.25, -0.2) is 15.0 Å². The normalized spacial score (nSPS) is 10.9. The summed E-state index contributed by atoms with van der Waals surface area (Å²) >= 11 is 0. The molecule has 0 unspecified atom stereocenters. The molecule has 29 heavy (non-hydrogen) atoms. The largest absolute Gasteiger partial charge is 0.345 e. The van der Waals surface area contributed by atoms with Crippen LogP contribution >= 0.6 is 0 Å². The molecule has 0 aliphatic carbocycles. The van der Waals surface area contributed by atoms with Crippen molar-refractivity contribution in [2.75, 3.05) is 5.32 Å². The number of rotatable bonds is 4. The van der Waals surface area contributed by atoms with Gasteiger partial charge in [-0.1, -0.05) is 42.5 Å². The third kappa shape index (κ3) is 3.46. The number of benzene rings is 3. The van der Waals surface area contributed by atoms with Gasteiger partial charge in [0.2, 0.25) is 5.95 Å². The predicted octanol–water partition coefficient (Wildman–Crippen LogP) is 5.74. The fourth-order valence-electron chi connectivity index (χ4n) is 3.46. The van der Waals surface area contributed by atoms with Gasteiger partial charge < -0.3 is 10.3 Å². The van der Waals surface area contributed by atoms with Gasteiger partial charge in [-0.3, -0.25) is 0 Å². The van der Waals surface area contributed by atoms with Crippen LogP contribution in [0.2, 0.25) is 0 Å². The minimum absolute atomic E-state index is 0.564. The molecule has 5 heteroatoms. The Morgan fingerprint density at radius 1 is 0.828 bits per heavy atom. The maximum atomic E-state index is 4.69. The Bertz CT molecular complexity index is 1310. The summed E-state index contributed by atoms with van der Waals surface area (Å²) in [6.07, 6.45) is 3.47. The van der Waals surface area contributed by atoms with Crippen molar-refractivity contribution in [1.82, 2.24) is 19.9 Å². The third-order valence-corrected chi connectivity index (χ3v) is 4.95. The first-order valence-corrected chi connectivity index (χ1v) is 9.46. The SMILES string of the molecule is Cc1ccccc1-c1cccc(Nc2nccc(-c3ccc4nc[nH]c4c3)n2)c1. The highest BCUT2D eigenvalue weighted by Crippen LogP contribution is 2.27. The van der Waals surface area contributed by atoms with Crippen LogP contribution in [0, 0.1) is 6.92 Å². The lowest BCUT2D eigenvalue weighted by atomic mass is 10.0. The van der Waals surface area contributed by atoms with Gasteiger partial charge in [0.25, 0.3) is 0 Å². The number of nitrogens with zero attached hydrogens (tertiary/aromatic N) is 3. The van der Waals surface area contributed by atoms with E-state index in [0.717, 1.165) is 33.5 Å². The summed E-state index contributed by atoms with van der Waals surface area (Å²) in [5, 5.41) is 3.33. The van der Waals surface area contributed by atoms with E-state index < -0.39 is 0 Å². The van der Waals surface area contributed by atoms with Crippen LogP contribution in [0.15, 0.2) is 85.3 Å². The number of hydrogen-bond donors (Lipinski definition) is 2. The van der Waals surface area contributed by atoms with Crippen LogP contribution in [-0.4, -0.2) is 19.9 Å². The van der Waals surface area contributed by atoms with Gasteiger partial charge in [-0.2, -0.15) is 0 Å². The van der Waals surface area contributed by atoms with Crippen LogP contribution in [0.1, 0.15) is 5.56 Å². The number of H-pyrrole nitrogens is 1. The minimum atomic E-state index is 0.564. The van der Waals surface area contributed by atoms with Crippen molar-refractivity contribution in [1.29, 1.82) is 0 Å². The second-order valence-corrected chi connectivity index (χ2v) is 6.92. The Morgan fingerprint density at radius 3 is 2.69 bits per heavy atom. The van der Waals surface area contributed by atoms with Gasteiger partial charge in [0.05, 0.1) is 23.1 Å². The lowest BCUT2D eigenvalue weighted by molar-refractivity contribution is 1.17. The molecule has 2 N–H and O–H groups in total. The molecule has 0 saturated carbocycles. The van der Waals surface area contributed by atoms with Crippen LogP contribution in [0.5, 0.6) is 0 Å². The molecule has 0 amide bonds. The maximum absolute atomic E-state index is 4.69. The molecule has 0 spiro atoms. The summed E-state index contributed by atoms with van der Waals surface area (Å²) < 4.78 is 0. The van der Waals surface area contributed by atoms with Gasteiger partial charge in [0.15, 0.2) is 0 Å². The van der Waals surface area contributed by atoms with Gasteiger partial charge in [-0.05, 0) is 53.9 Å². The summed E-state index contributed by atoms with van der Waals surface area (Å²) in [6, 6.07) is 24.6. The Morgan fingerprint density at radius 2 is 1.76 bits per heavy atom. The van der Waals surface area contributed by atoms with Crippen molar-refractivity contribution in [3.05, 3.63) is 90.9 Å². The lowest BCUT2D eigenvalue weighted by Gasteiger charge is -2.10. The molecule has 2 aromatic heterocycles. The van der Waals surface area contributed by atoms with Crippen molar-refractivity contribution in [2.24, 2.45) is 0 Å². The van der Waals surface area contributed by atoms with E-state index in [0.29, 0.717) is 5.95 Å². The third-order valence-electron chi connectivity index (χ3n) is 4.95. The molecule has 5 rings (SSSR count). The number of aromatic nitrogens is 4. The molecule has 0 fully saturated rings. The predicted molar refractivity (Wildman–Crippen MR) is 117 cm³/mol. The van der Waals surface area contributed by atoms with Gasteiger partial charge in [-0.15, -0.1) is 0 Å². The fourth-order valence-corrected chi connectivity index (χ4v) is 3.46. The quantitative estimate of drug-likeness (QED) is 0.419. The molecule has 0 bridgehead atoms. The molecule has 0 atom stereocenters. The number of anilines is 2. The molecular weight excluding hydrogens is 358 g/mol. The van der Waals surface area contributed by atoms with E-state index in [1.54, 1.807) is 12.5 Å². The summed E-state index contributed by atoms with van der Waals surface area (Å²) in [4.78, 5) is 16.5. The van der Waals surface area contributed by atoms with Crippen LogP contribution in [0.3, 0.4) is 0 Å². The Labute approximate surface area is 168 Å². The fraction of sp³-hybridized carbons (Fsp3) is 0.0417. The zero-order valence-corrected chi connectivity index (χ0v) is 15.9. The van der Waals surface area contributed by atoms with Gasteiger partial charge in [0, 0.05) is 17.4 Å². The molecule has 0 aliphatic heterocycles. The first-order valence-electron chi connectivity index (χ1n) is 9.46. The number of aromatic amines is 1. The average molecular weight is 377 g/mol. The van der Waals surface area contributed by atoms with Crippen molar-refractivity contribution in [3.63, 3.8) is 0 Å². The van der Waals surface area contributed by atoms with E-state index in [9.17, 15) is 0 Å². The molecule has 0 radical (unpaired) electrons. The highest BCUT2D eigenvalue weighted by Gasteiger charge is 2.07. The zero-order chi connectivity index (χ0) is 19.6. The van der Waals surface area contributed by atoms with Gasteiger partial charge in [0.1, 0.15) is 0 Å². The highest BCUT2D eigenvalue weighted by molar-refractivity contribution is 5.81. The Hall–Kier alpha value is -3.99. The maximum Gasteiger partial charge on any atom is 0.227 e. The number of aryl methyl sites for hydroxylation is 1. The lowest BCUT2D eigenvalue weighted by Crippen LogP contribution is -1.98. The van der Waals surface area contributed by atoms with Crippen molar-refractivity contribution < 1.29 is 0 Å². The summed E-state index contributed by atoms with van der Waals surface area (Å²) in [6.45, 7) is 2.12. The van der Waals surface area contributed by atoms with E-state index in [2.05, 4.69) is 63.6 Å². The molecule has 0 saturated heterocycles. The van der Waals surface area contributed by atoms with E-state index >= 15 is 0 Å². The van der Waals surface area contributed by atoms with E-state index in [-0.39, 0.29) is 0 Å². The van der Waals surface area contributed by atoms with Crippen LogP contribution in [0.25, 0.3) is 33.4 Å². The Kier molecular flexibility index (Phi) is 4.26. The molecule has 3 aromatic carbocycles. The highest BCUT2D eigenvalue weighted by atomic mass is 15.1. The molecule has 5 aromatic rings. The standard InChI is InChI=1S/C24H19N5/c1-16-5-2-3-8-20(16)17-6-4-7-19(13-17)28-24-25-12-11-21(29-24)18-9-10-22-23(14-18)27-15-26-22/h2-15H,1H3,(H,26,27)(H,25,28,29). The van der Waals surface area contributed by atoms with Crippen molar-refractivity contribution >= 4 is 22.7 Å². The second kappa shape index (κ2) is 7.20. The van der Waals surface area contributed by atoms with E-state index in [1.807, 2.05) is 36.4 Å².